The fourth-order valence-corrected chi connectivity index (χ4v) is 2.38. The maximum atomic E-state index is 11.4. The Morgan fingerprint density at radius 1 is 1.42 bits per heavy atom. The van der Waals surface area contributed by atoms with Gasteiger partial charge < -0.3 is 0 Å². The fraction of sp³-hybridized carbons (Fsp3) is 0.300. The predicted octanol–water partition coefficient (Wildman–Crippen LogP) is 2.67. The zero-order chi connectivity index (χ0) is 8.55. The SMILES string of the molecule is Cc1ccc2c(c1)C(=O)CCS2. The molecule has 0 amide bonds. The van der Waals surface area contributed by atoms with Crippen LogP contribution in [-0.4, -0.2) is 11.5 Å². The molecule has 2 heteroatoms. The second kappa shape index (κ2) is 2.94. The first-order valence-corrected chi connectivity index (χ1v) is 5.02. The van der Waals surface area contributed by atoms with E-state index in [1.54, 1.807) is 11.8 Å². The summed E-state index contributed by atoms with van der Waals surface area (Å²) in [4.78, 5) is 12.6. The van der Waals surface area contributed by atoms with Gasteiger partial charge in [0.2, 0.25) is 0 Å². The second-order valence-electron chi connectivity index (χ2n) is 3.02. The zero-order valence-corrected chi connectivity index (χ0v) is 7.78. The van der Waals surface area contributed by atoms with E-state index in [0.717, 1.165) is 16.2 Å². The Bertz CT molecular complexity index is 331. The van der Waals surface area contributed by atoms with Crippen molar-refractivity contribution >= 4 is 17.5 Å². The van der Waals surface area contributed by atoms with Crippen molar-refractivity contribution in [1.82, 2.24) is 0 Å². The largest absolute Gasteiger partial charge is 0.294 e. The van der Waals surface area contributed by atoms with Crippen LogP contribution < -0.4 is 0 Å². The van der Waals surface area contributed by atoms with Crippen LogP contribution in [0.4, 0.5) is 0 Å². The number of carbonyl (C=O) groups is 1. The van der Waals surface area contributed by atoms with E-state index in [9.17, 15) is 4.79 Å². The lowest BCUT2D eigenvalue weighted by molar-refractivity contribution is 0.0984. The average Bonchev–Trinajstić information content (AvgIpc) is 2.07. The number of rotatable bonds is 0. The lowest BCUT2D eigenvalue weighted by atomic mass is 10.1. The minimum absolute atomic E-state index is 0.299. The van der Waals surface area contributed by atoms with Crippen LogP contribution in [0.25, 0.3) is 0 Å². The van der Waals surface area contributed by atoms with E-state index < -0.39 is 0 Å². The van der Waals surface area contributed by atoms with Crippen LogP contribution in [0.3, 0.4) is 0 Å². The number of hydrogen-bond acceptors (Lipinski definition) is 2. The summed E-state index contributed by atoms with van der Waals surface area (Å²) in [5.41, 5.74) is 2.09. The van der Waals surface area contributed by atoms with E-state index in [4.69, 9.17) is 0 Å². The quantitative estimate of drug-likeness (QED) is 0.607. The normalized spacial score (nSPS) is 15.9. The van der Waals surface area contributed by atoms with Gasteiger partial charge in [0.05, 0.1) is 0 Å². The zero-order valence-electron chi connectivity index (χ0n) is 6.96. The first kappa shape index (κ1) is 7.87. The summed E-state index contributed by atoms with van der Waals surface area (Å²) in [6.07, 6.45) is 0.696. The Labute approximate surface area is 76.2 Å². The molecule has 1 aromatic rings. The van der Waals surface area contributed by atoms with Gasteiger partial charge in [-0.25, -0.2) is 0 Å². The van der Waals surface area contributed by atoms with Crippen molar-refractivity contribution in [3.05, 3.63) is 29.3 Å². The highest BCUT2D eigenvalue weighted by molar-refractivity contribution is 7.99. The molecule has 1 nitrogen and oxygen atoms in total. The Morgan fingerprint density at radius 3 is 3.08 bits per heavy atom. The van der Waals surface area contributed by atoms with Crippen molar-refractivity contribution in [2.45, 2.75) is 18.2 Å². The van der Waals surface area contributed by atoms with Gasteiger partial charge in [0.1, 0.15) is 0 Å². The summed E-state index contributed by atoms with van der Waals surface area (Å²) in [5, 5.41) is 0. The van der Waals surface area contributed by atoms with Crippen LogP contribution in [0, 0.1) is 6.92 Å². The smallest absolute Gasteiger partial charge is 0.164 e. The Kier molecular flexibility index (Phi) is 1.93. The van der Waals surface area contributed by atoms with Crippen molar-refractivity contribution in [2.24, 2.45) is 0 Å². The number of hydrogen-bond donors (Lipinski definition) is 0. The molecule has 0 atom stereocenters. The van der Waals surface area contributed by atoms with Gasteiger partial charge in [-0.1, -0.05) is 11.6 Å². The molecule has 12 heavy (non-hydrogen) atoms. The first-order chi connectivity index (χ1) is 5.77. The summed E-state index contributed by atoms with van der Waals surface area (Å²) in [7, 11) is 0. The molecular formula is C10H10OS. The van der Waals surface area contributed by atoms with Crippen LogP contribution in [0.2, 0.25) is 0 Å². The highest BCUT2D eigenvalue weighted by Gasteiger charge is 2.16. The summed E-state index contributed by atoms with van der Waals surface area (Å²) in [6.45, 7) is 2.02. The van der Waals surface area contributed by atoms with E-state index in [0.29, 0.717) is 12.2 Å². The van der Waals surface area contributed by atoms with Crippen LogP contribution in [-0.2, 0) is 0 Å². The third kappa shape index (κ3) is 1.27. The van der Waals surface area contributed by atoms with Gasteiger partial charge in [0, 0.05) is 22.6 Å². The molecule has 1 aliphatic rings. The molecule has 0 saturated heterocycles. The minimum atomic E-state index is 0.299. The van der Waals surface area contributed by atoms with Crippen molar-refractivity contribution in [3.63, 3.8) is 0 Å². The number of carbonyl (C=O) groups excluding carboxylic acids is 1. The lowest BCUT2D eigenvalue weighted by Gasteiger charge is -2.13. The van der Waals surface area contributed by atoms with Crippen molar-refractivity contribution in [3.8, 4) is 0 Å². The number of fused-ring (bicyclic) bond motifs is 1. The van der Waals surface area contributed by atoms with Gasteiger partial charge in [-0.3, -0.25) is 4.79 Å². The molecule has 62 valence electrons. The molecule has 0 bridgehead atoms. The minimum Gasteiger partial charge on any atom is -0.294 e. The monoisotopic (exact) mass is 178 g/mol. The van der Waals surface area contributed by atoms with Gasteiger partial charge in [0.15, 0.2) is 5.78 Å². The molecule has 0 aromatic heterocycles. The molecular weight excluding hydrogens is 168 g/mol. The van der Waals surface area contributed by atoms with Gasteiger partial charge in [-0.05, 0) is 19.1 Å². The molecule has 0 radical (unpaired) electrons. The van der Waals surface area contributed by atoms with E-state index in [-0.39, 0.29) is 0 Å². The highest BCUT2D eigenvalue weighted by Crippen LogP contribution is 2.30. The van der Waals surface area contributed by atoms with E-state index >= 15 is 0 Å². The molecule has 0 fully saturated rings. The predicted molar refractivity (Wildman–Crippen MR) is 50.9 cm³/mol. The highest BCUT2D eigenvalue weighted by atomic mass is 32.2. The van der Waals surface area contributed by atoms with E-state index in [1.807, 2.05) is 19.1 Å². The third-order valence-electron chi connectivity index (χ3n) is 2.02. The Balaban J connectivity index is 2.54. The van der Waals surface area contributed by atoms with Gasteiger partial charge >= 0.3 is 0 Å². The topological polar surface area (TPSA) is 17.1 Å². The first-order valence-electron chi connectivity index (χ1n) is 4.04. The van der Waals surface area contributed by atoms with Gasteiger partial charge in [0.25, 0.3) is 0 Å². The molecule has 0 N–H and O–H groups in total. The number of thioether (sulfide) groups is 1. The van der Waals surface area contributed by atoms with Crippen LogP contribution in [0.5, 0.6) is 0 Å². The fourth-order valence-electron chi connectivity index (χ4n) is 1.38. The summed E-state index contributed by atoms with van der Waals surface area (Å²) < 4.78 is 0. The third-order valence-corrected chi connectivity index (χ3v) is 3.10. The number of ketones is 1. The molecule has 0 aliphatic carbocycles. The molecule has 0 saturated carbocycles. The summed E-state index contributed by atoms with van der Waals surface area (Å²) >= 11 is 1.78. The van der Waals surface area contributed by atoms with Crippen LogP contribution in [0.15, 0.2) is 23.1 Å². The average molecular weight is 178 g/mol. The maximum absolute atomic E-state index is 11.4. The molecule has 0 spiro atoms. The van der Waals surface area contributed by atoms with Gasteiger partial charge in [-0.2, -0.15) is 0 Å². The molecule has 1 heterocycles. The standard InChI is InChI=1S/C10H10OS/c1-7-2-3-10-8(6-7)9(11)4-5-12-10/h2-3,6H,4-5H2,1H3. The van der Waals surface area contributed by atoms with Crippen LogP contribution in [0.1, 0.15) is 22.3 Å². The van der Waals surface area contributed by atoms with E-state index in [2.05, 4.69) is 6.07 Å². The Morgan fingerprint density at radius 2 is 2.25 bits per heavy atom. The van der Waals surface area contributed by atoms with Crippen molar-refractivity contribution in [2.75, 3.05) is 5.75 Å². The number of Topliss-reactive ketones (excluding diaryl/α,β-unsaturated/α-hetero) is 1. The Hall–Kier alpha value is -0.760. The maximum Gasteiger partial charge on any atom is 0.164 e. The molecule has 1 aromatic carbocycles. The van der Waals surface area contributed by atoms with Gasteiger partial charge in [-0.15, -0.1) is 11.8 Å². The van der Waals surface area contributed by atoms with Crippen LogP contribution >= 0.6 is 11.8 Å². The molecule has 1 aliphatic heterocycles. The lowest BCUT2D eigenvalue weighted by Crippen LogP contribution is -2.07. The van der Waals surface area contributed by atoms with Crippen molar-refractivity contribution < 1.29 is 4.79 Å². The summed E-state index contributed by atoms with van der Waals surface area (Å²) in [5.74, 6) is 1.24. The van der Waals surface area contributed by atoms with E-state index in [1.165, 1.54) is 5.56 Å². The number of aryl methyl sites for hydroxylation is 1. The van der Waals surface area contributed by atoms with Crippen molar-refractivity contribution in [1.29, 1.82) is 0 Å². The second-order valence-corrected chi connectivity index (χ2v) is 4.16. The summed E-state index contributed by atoms with van der Waals surface area (Å²) in [6, 6.07) is 6.10. The molecule has 2 rings (SSSR count). The number of benzene rings is 1. The molecule has 0 unspecified atom stereocenters.